The van der Waals surface area contributed by atoms with Gasteiger partial charge in [0.25, 0.3) is 5.91 Å². The van der Waals surface area contributed by atoms with Gasteiger partial charge < -0.3 is 14.8 Å². The van der Waals surface area contributed by atoms with E-state index in [-0.39, 0.29) is 5.91 Å². The second-order valence-electron chi connectivity index (χ2n) is 6.49. The van der Waals surface area contributed by atoms with Gasteiger partial charge in [-0.15, -0.1) is 0 Å². The molecule has 4 rings (SSSR count). The molecule has 0 radical (unpaired) electrons. The van der Waals surface area contributed by atoms with Crippen molar-refractivity contribution in [2.75, 3.05) is 18.5 Å². The van der Waals surface area contributed by atoms with Gasteiger partial charge in [-0.25, -0.2) is 0 Å². The fourth-order valence-electron chi connectivity index (χ4n) is 3.20. The molecule has 3 aromatic carbocycles. The van der Waals surface area contributed by atoms with Crippen molar-refractivity contribution in [3.63, 3.8) is 0 Å². The molecule has 0 saturated heterocycles. The lowest BCUT2D eigenvalue weighted by Gasteiger charge is -2.14. The van der Waals surface area contributed by atoms with Crippen LogP contribution in [0.25, 0.3) is 11.1 Å². The molecule has 1 aliphatic heterocycles. The van der Waals surface area contributed by atoms with Crippen LogP contribution in [0.5, 0.6) is 11.5 Å². The first-order chi connectivity index (χ1) is 14.2. The van der Waals surface area contributed by atoms with Crippen LogP contribution in [-0.4, -0.2) is 19.1 Å². The number of anilines is 1. The average Bonchev–Trinajstić information content (AvgIpc) is 2.98. The topological polar surface area (TPSA) is 71.4 Å². The second kappa shape index (κ2) is 8.26. The Bertz CT molecular complexity index is 1120. The summed E-state index contributed by atoms with van der Waals surface area (Å²) in [5, 5.41) is 12.6. The molecule has 5 nitrogen and oxygen atoms in total. The van der Waals surface area contributed by atoms with E-state index < -0.39 is 0 Å². The Morgan fingerprint density at radius 1 is 0.966 bits per heavy atom. The Morgan fingerprint density at radius 2 is 1.62 bits per heavy atom. The molecular weight excluding hydrogens is 388 g/mol. The van der Waals surface area contributed by atoms with Crippen LogP contribution in [0, 0.1) is 11.3 Å². The van der Waals surface area contributed by atoms with Crippen LogP contribution in [0.4, 0.5) is 5.69 Å². The van der Waals surface area contributed by atoms with Crippen LogP contribution in [0.1, 0.15) is 22.3 Å². The van der Waals surface area contributed by atoms with Gasteiger partial charge in [0.1, 0.15) is 0 Å². The van der Waals surface area contributed by atoms with Gasteiger partial charge in [0.15, 0.2) is 11.5 Å². The molecule has 29 heavy (non-hydrogen) atoms. The summed E-state index contributed by atoms with van der Waals surface area (Å²) < 4.78 is 11.3. The van der Waals surface area contributed by atoms with Gasteiger partial charge in [-0.1, -0.05) is 48.0 Å². The van der Waals surface area contributed by atoms with E-state index in [1.807, 2.05) is 24.3 Å². The maximum Gasteiger partial charge on any atom is 0.256 e. The highest BCUT2D eigenvalue weighted by Gasteiger charge is 2.19. The predicted molar refractivity (Wildman–Crippen MR) is 112 cm³/mol. The second-order valence-corrected chi connectivity index (χ2v) is 6.89. The molecule has 0 spiro atoms. The highest BCUT2D eigenvalue weighted by molar-refractivity contribution is 6.34. The highest BCUT2D eigenvalue weighted by Crippen LogP contribution is 2.38. The molecule has 0 aliphatic carbocycles. The zero-order chi connectivity index (χ0) is 20.2. The molecule has 1 N–H and O–H groups in total. The Hall–Kier alpha value is -3.49. The van der Waals surface area contributed by atoms with E-state index in [1.165, 1.54) is 0 Å². The SMILES string of the molecule is N#Cc1ccccc1-c1ccccc1C(=O)Nc1cc2c(cc1Cl)OCCCO2. The third-order valence-corrected chi connectivity index (χ3v) is 4.91. The fraction of sp³-hybridized carbons (Fsp3) is 0.130. The van der Waals surface area contributed by atoms with E-state index in [0.717, 1.165) is 6.42 Å². The lowest BCUT2D eigenvalue weighted by molar-refractivity contribution is 0.102. The minimum absolute atomic E-state index is 0.329. The van der Waals surface area contributed by atoms with E-state index in [0.29, 0.717) is 57.7 Å². The van der Waals surface area contributed by atoms with Crippen LogP contribution in [0.3, 0.4) is 0 Å². The van der Waals surface area contributed by atoms with Crippen LogP contribution < -0.4 is 14.8 Å². The van der Waals surface area contributed by atoms with Crippen LogP contribution in [0.2, 0.25) is 5.02 Å². The normalized spacial score (nSPS) is 12.6. The maximum atomic E-state index is 13.1. The lowest BCUT2D eigenvalue weighted by Crippen LogP contribution is -2.14. The summed E-state index contributed by atoms with van der Waals surface area (Å²) in [5.74, 6) is 0.781. The summed E-state index contributed by atoms with van der Waals surface area (Å²) in [6.45, 7) is 1.09. The van der Waals surface area contributed by atoms with Gasteiger partial charge in [-0.05, 0) is 17.7 Å². The van der Waals surface area contributed by atoms with Gasteiger partial charge in [-0.2, -0.15) is 5.26 Å². The first-order valence-corrected chi connectivity index (χ1v) is 9.54. The molecular formula is C23H17ClN2O3. The molecule has 6 heteroatoms. The number of carbonyl (C=O) groups excluding carboxylic acids is 1. The number of ether oxygens (including phenoxy) is 2. The van der Waals surface area contributed by atoms with Crippen molar-refractivity contribution in [3.8, 4) is 28.7 Å². The molecule has 0 bridgehead atoms. The van der Waals surface area contributed by atoms with E-state index in [1.54, 1.807) is 36.4 Å². The van der Waals surface area contributed by atoms with Crippen molar-refractivity contribution in [2.24, 2.45) is 0 Å². The minimum atomic E-state index is -0.329. The third-order valence-electron chi connectivity index (χ3n) is 4.59. The van der Waals surface area contributed by atoms with Crippen molar-refractivity contribution in [2.45, 2.75) is 6.42 Å². The Labute approximate surface area is 173 Å². The number of nitrogens with one attached hydrogen (secondary N) is 1. The Morgan fingerprint density at radius 3 is 2.38 bits per heavy atom. The number of benzene rings is 3. The number of amides is 1. The zero-order valence-corrected chi connectivity index (χ0v) is 16.2. The molecule has 0 fully saturated rings. The Balaban J connectivity index is 1.69. The predicted octanol–water partition coefficient (Wildman–Crippen LogP) is 5.29. The van der Waals surface area contributed by atoms with Crippen molar-refractivity contribution >= 4 is 23.2 Å². The first-order valence-electron chi connectivity index (χ1n) is 9.16. The molecule has 0 saturated carbocycles. The maximum absolute atomic E-state index is 13.1. The van der Waals surface area contributed by atoms with Gasteiger partial charge in [-0.3, -0.25) is 4.79 Å². The van der Waals surface area contributed by atoms with Crippen LogP contribution >= 0.6 is 11.6 Å². The summed E-state index contributed by atoms with van der Waals surface area (Å²) in [7, 11) is 0. The van der Waals surface area contributed by atoms with Gasteiger partial charge in [0, 0.05) is 29.7 Å². The standard InChI is InChI=1S/C23H17ClN2O3/c24-19-12-21-22(29-11-5-10-28-21)13-20(19)26-23(27)18-9-4-3-8-17(18)16-7-2-1-6-15(16)14-25/h1-4,6-9,12-13H,5,10-11H2,(H,26,27). The lowest BCUT2D eigenvalue weighted by atomic mass is 9.95. The Kier molecular flexibility index (Phi) is 5.37. The first kappa shape index (κ1) is 18.9. The number of hydrogen-bond acceptors (Lipinski definition) is 4. The van der Waals surface area contributed by atoms with Crippen molar-refractivity contribution in [1.82, 2.24) is 0 Å². The summed E-state index contributed by atoms with van der Waals surface area (Å²) in [6, 6.07) is 19.8. The highest BCUT2D eigenvalue weighted by atomic mass is 35.5. The van der Waals surface area contributed by atoms with E-state index in [4.69, 9.17) is 21.1 Å². The number of halogens is 1. The fourth-order valence-corrected chi connectivity index (χ4v) is 3.40. The molecule has 0 unspecified atom stereocenters. The number of nitriles is 1. The van der Waals surface area contributed by atoms with E-state index in [9.17, 15) is 10.1 Å². The summed E-state index contributed by atoms with van der Waals surface area (Å²) in [4.78, 5) is 13.1. The number of nitrogens with zero attached hydrogens (tertiary/aromatic N) is 1. The van der Waals surface area contributed by atoms with Gasteiger partial charge >= 0.3 is 0 Å². The van der Waals surface area contributed by atoms with Gasteiger partial charge in [0.2, 0.25) is 0 Å². The quantitative estimate of drug-likeness (QED) is 0.643. The smallest absolute Gasteiger partial charge is 0.256 e. The minimum Gasteiger partial charge on any atom is -0.490 e. The molecule has 1 heterocycles. The summed E-state index contributed by atoms with van der Waals surface area (Å²) in [5.41, 5.74) is 2.75. The monoisotopic (exact) mass is 404 g/mol. The third kappa shape index (κ3) is 3.89. The zero-order valence-electron chi connectivity index (χ0n) is 15.4. The molecule has 144 valence electrons. The number of fused-ring (bicyclic) bond motifs is 1. The molecule has 1 aliphatic rings. The van der Waals surface area contributed by atoms with Crippen molar-refractivity contribution in [1.29, 1.82) is 5.26 Å². The van der Waals surface area contributed by atoms with Crippen molar-refractivity contribution < 1.29 is 14.3 Å². The van der Waals surface area contributed by atoms with Gasteiger partial charge in [0.05, 0.1) is 35.6 Å². The summed E-state index contributed by atoms with van der Waals surface area (Å²) >= 11 is 6.36. The van der Waals surface area contributed by atoms with Crippen LogP contribution in [0.15, 0.2) is 60.7 Å². The molecule has 0 atom stereocenters. The van der Waals surface area contributed by atoms with Crippen LogP contribution in [-0.2, 0) is 0 Å². The average molecular weight is 405 g/mol. The van der Waals surface area contributed by atoms with Crippen molar-refractivity contribution in [3.05, 3.63) is 76.8 Å². The molecule has 1 amide bonds. The number of hydrogen-bond donors (Lipinski definition) is 1. The molecule has 0 aromatic heterocycles. The number of carbonyl (C=O) groups is 1. The number of rotatable bonds is 3. The van der Waals surface area contributed by atoms with E-state index in [2.05, 4.69) is 11.4 Å². The molecule has 3 aromatic rings. The van der Waals surface area contributed by atoms with E-state index >= 15 is 0 Å². The summed E-state index contributed by atoms with van der Waals surface area (Å²) in [6.07, 6.45) is 0.777. The largest absolute Gasteiger partial charge is 0.490 e.